The first-order chi connectivity index (χ1) is 17.3. The van der Waals surface area contributed by atoms with Crippen LogP contribution in [0.25, 0.3) is 0 Å². The number of fused-ring (bicyclic) bond motifs is 1. The molecular weight excluding hydrogens is 488 g/mol. The van der Waals surface area contributed by atoms with Gasteiger partial charge in [-0.25, -0.2) is 0 Å². The molecule has 2 heterocycles. The number of amides is 1. The van der Waals surface area contributed by atoms with Gasteiger partial charge in [-0.3, -0.25) is 19.8 Å². The summed E-state index contributed by atoms with van der Waals surface area (Å²) < 4.78 is 42.7. The van der Waals surface area contributed by atoms with Gasteiger partial charge in [0, 0.05) is 37.6 Å². The minimum atomic E-state index is -4.27. The Hall–Kier alpha value is -3.96. The zero-order valence-electron chi connectivity index (χ0n) is 19.0. The normalized spacial score (nSPS) is 16.8. The fourth-order valence-electron chi connectivity index (χ4n) is 4.36. The fourth-order valence-corrected chi connectivity index (χ4v) is 5.28. The number of hydrogen-bond acceptors (Lipinski definition) is 8. The molecule has 36 heavy (non-hydrogen) atoms. The summed E-state index contributed by atoms with van der Waals surface area (Å²) in [5.41, 5.74) is 0.0751. The Kier molecular flexibility index (Phi) is 6.10. The van der Waals surface area contributed by atoms with E-state index in [0.29, 0.717) is 38.2 Å². The fraction of sp³-hybridized carbons (Fsp3) is 0.240. The average molecular weight is 511 g/mol. The summed E-state index contributed by atoms with van der Waals surface area (Å²) in [6, 6.07) is 18.2. The Bertz CT molecular complexity index is 1400. The number of non-ortho nitro benzene ring substituents is 1. The Morgan fingerprint density at radius 3 is 2.36 bits per heavy atom. The minimum absolute atomic E-state index is 0.0429. The molecule has 0 radical (unpaired) electrons. The zero-order valence-corrected chi connectivity index (χ0v) is 19.8. The van der Waals surface area contributed by atoms with Gasteiger partial charge in [-0.2, -0.15) is 8.42 Å². The van der Waals surface area contributed by atoms with E-state index in [4.69, 9.17) is 13.7 Å². The molecule has 5 rings (SSSR count). The van der Waals surface area contributed by atoms with E-state index in [1.54, 1.807) is 4.90 Å². The molecule has 1 spiro atoms. The second-order valence-corrected chi connectivity index (χ2v) is 10.0. The van der Waals surface area contributed by atoms with Crippen molar-refractivity contribution < 1.29 is 31.8 Å². The van der Waals surface area contributed by atoms with Crippen LogP contribution in [0.5, 0.6) is 11.5 Å². The van der Waals surface area contributed by atoms with Crippen molar-refractivity contribution in [2.24, 2.45) is 0 Å². The maximum Gasteiger partial charge on any atom is 0.339 e. The van der Waals surface area contributed by atoms with Crippen molar-refractivity contribution in [2.75, 3.05) is 13.2 Å². The second-order valence-electron chi connectivity index (χ2n) is 8.48. The lowest BCUT2D eigenvalue weighted by atomic mass is 9.96. The number of nitro groups is 1. The highest BCUT2D eigenvalue weighted by Crippen LogP contribution is 2.41. The molecule has 10 nitrogen and oxygen atoms in total. The van der Waals surface area contributed by atoms with E-state index in [1.807, 2.05) is 30.3 Å². The number of carbonyl (C=O) groups excluding carboxylic acids is 1. The molecule has 11 heteroatoms. The van der Waals surface area contributed by atoms with Gasteiger partial charge in [0.15, 0.2) is 5.72 Å². The van der Waals surface area contributed by atoms with E-state index in [-0.39, 0.29) is 28.0 Å². The van der Waals surface area contributed by atoms with Crippen LogP contribution in [0.4, 0.5) is 5.69 Å². The third kappa shape index (κ3) is 4.50. The summed E-state index contributed by atoms with van der Waals surface area (Å²) >= 11 is 0. The van der Waals surface area contributed by atoms with E-state index >= 15 is 0 Å². The number of ether oxygens (including phenoxy) is 2. The van der Waals surface area contributed by atoms with Crippen LogP contribution in [0.1, 0.15) is 28.8 Å². The first-order valence-corrected chi connectivity index (χ1v) is 12.6. The number of hydrogen-bond donors (Lipinski definition) is 0. The van der Waals surface area contributed by atoms with E-state index in [0.717, 1.165) is 29.8 Å². The quantitative estimate of drug-likeness (QED) is 0.278. The first-order valence-electron chi connectivity index (χ1n) is 11.2. The summed E-state index contributed by atoms with van der Waals surface area (Å²) in [4.78, 5) is 25.3. The van der Waals surface area contributed by atoms with Crippen LogP contribution in [0, 0.1) is 10.1 Å². The maximum absolute atomic E-state index is 13.6. The summed E-state index contributed by atoms with van der Waals surface area (Å²) in [6.45, 7) is 1.18. The number of carbonyl (C=O) groups is 1. The molecule has 2 aliphatic rings. The zero-order chi connectivity index (χ0) is 25.3. The van der Waals surface area contributed by atoms with Crippen molar-refractivity contribution in [2.45, 2.75) is 30.0 Å². The molecule has 3 aromatic rings. The van der Waals surface area contributed by atoms with Crippen molar-refractivity contribution in [3.8, 4) is 11.5 Å². The maximum atomic E-state index is 13.6. The summed E-state index contributed by atoms with van der Waals surface area (Å²) in [6.07, 6.45) is 0.911. The van der Waals surface area contributed by atoms with Crippen molar-refractivity contribution >= 4 is 21.7 Å². The number of benzene rings is 3. The Morgan fingerprint density at radius 1 is 1.00 bits per heavy atom. The van der Waals surface area contributed by atoms with Crippen molar-refractivity contribution in [3.63, 3.8) is 0 Å². The van der Waals surface area contributed by atoms with Gasteiger partial charge >= 0.3 is 10.1 Å². The molecule has 1 fully saturated rings. The minimum Gasteiger partial charge on any atom is -0.467 e. The predicted molar refractivity (Wildman–Crippen MR) is 127 cm³/mol. The molecule has 0 unspecified atom stereocenters. The molecular formula is C25H22N2O8S. The van der Waals surface area contributed by atoms with Gasteiger partial charge in [0.05, 0.1) is 23.7 Å². The molecule has 0 N–H and O–H groups in total. The highest BCUT2D eigenvalue weighted by molar-refractivity contribution is 7.87. The number of rotatable bonds is 6. The van der Waals surface area contributed by atoms with Gasteiger partial charge in [0.25, 0.3) is 11.6 Å². The van der Waals surface area contributed by atoms with E-state index in [2.05, 4.69) is 0 Å². The molecule has 0 aromatic heterocycles. The number of nitrogens with zero attached hydrogens (tertiary/aromatic N) is 2. The van der Waals surface area contributed by atoms with Crippen LogP contribution in [-0.4, -0.2) is 43.1 Å². The SMILES string of the molecule is O=C1c2ccc(OS(=O)(=O)c3ccc([N+](=O)[O-])cc3)cc2OC2(CCOCC2)N1Cc1ccccc1. The molecule has 0 atom stereocenters. The van der Waals surface area contributed by atoms with Crippen molar-refractivity contribution in [1.29, 1.82) is 0 Å². The van der Waals surface area contributed by atoms with Crippen LogP contribution >= 0.6 is 0 Å². The predicted octanol–water partition coefficient (Wildman–Crippen LogP) is 3.90. The second kappa shape index (κ2) is 9.25. The molecule has 1 saturated heterocycles. The Labute approximate surface area is 207 Å². The molecule has 186 valence electrons. The van der Waals surface area contributed by atoms with Crippen LogP contribution in [0.2, 0.25) is 0 Å². The highest BCUT2D eigenvalue weighted by Gasteiger charge is 2.48. The van der Waals surface area contributed by atoms with E-state index in [9.17, 15) is 23.3 Å². The lowest BCUT2D eigenvalue weighted by Gasteiger charge is -2.48. The summed E-state index contributed by atoms with van der Waals surface area (Å²) in [5.74, 6) is -0.0481. The monoisotopic (exact) mass is 510 g/mol. The highest BCUT2D eigenvalue weighted by atomic mass is 32.2. The van der Waals surface area contributed by atoms with Gasteiger partial charge in [-0.15, -0.1) is 0 Å². The van der Waals surface area contributed by atoms with Gasteiger partial charge in [0.1, 0.15) is 16.4 Å². The standard InChI is InChI=1S/C25H22N2O8S/c28-24-22-11-8-20(35-36(31,32)21-9-6-19(7-10-21)27(29)30)16-23(22)34-25(12-14-33-15-13-25)26(24)17-18-4-2-1-3-5-18/h1-11,16H,12-15,17H2. The molecule has 0 aliphatic carbocycles. The van der Waals surface area contributed by atoms with Crippen molar-refractivity contribution in [3.05, 3.63) is 94.0 Å². The van der Waals surface area contributed by atoms with E-state index < -0.39 is 20.8 Å². The Morgan fingerprint density at radius 2 is 1.69 bits per heavy atom. The van der Waals surface area contributed by atoms with Crippen LogP contribution in [0.3, 0.4) is 0 Å². The van der Waals surface area contributed by atoms with Crippen LogP contribution < -0.4 is 8.92 Å². The average Bonchev–Trinajstić information content (AvgIpc) is 2.87. The van der Waals surface area contributed by atoms with Crippen LogP contribution in [0.15, 0.2) is 77.7 Å². The Balaban J connectivity index is 1.45. The van der Waals surface area contributed by atoms with Gasteiger partial charge in [-0.1, -0.05) is 30.3 Å². The topological polar surface area (TPSA) is 125 Å². The lowest BCUT2D eigenvalue weighted by molar-refractivity contribution is -0.384. The molecule has 1 amide bonds. The van der Waals surface area contributed by atoms with Crippen LogP contribution in [-0.2, 0) is 21.4 Å². The smallest absolute Gasteiger partial charge is 0.339 e. The van der Waals surface area contributed by atoms with Gasteiger partial charge in [0.2, 0.25) is 0 Å². The molecule has 0 saturated carbocycles. The van der Waals surface area contributed by atoms with Gasteiger partial charge in [-0.05, 0) is 29.8 Å². The third-order valence-electron chi connectivity index (χ3n) is 6.22. The lowest BCUT2D eigenvalue weighted by Crippen LogP contribution is -2.60. The largest absolute Gasteiger partial charge is 0.467 e. The van der Waals surface area contributed by atoms with Gasteiger partial charge < -0.3 is 13.7 Å². The molecule has 0 bridgehead atoms. The number of nitro benzene ring substituents is 1. The molecule has 2 aliphatic heterocycles. The summed E-state index contributed by atoms with van der Waals surface area (Å²) in [7, 11) is -4.27. The van der Waals surface area contributed by atoms with E-state index in [1.165, 1.54) is 18.2 Å². The first kappa shape index (κ1) is 23.8. The van der Waals surface area contributed by atoms with Crippen molar-refractivity contribution in [1.82, 2.24) is 4.90 Å². The third-order valence-corrected chi connectivity index (χ3v) is 7.48. The molecule has 3 aromatic carbocycles. The summed E-state index contributed by atoms with van der Waals surface area (Å²) in [5, 5.41) is 10.8.